The number of hydrogen-bond acceptors (Lipinski definition) is 4. The van der Waals surface area contributed by atoms with E-state index < -0.39 is 11.9 Å². The fourth-order valence-corrected chi connectivity index (χ4v) is 2.54. The molecule has 0 bridgehead atoms. The Labute approximate surface area is 122 Å². The highest BCUT2D eigenvalue weighted by molar-refractivity contribution is 9.10. The molecule has 0 aromatic heterocycles. The molecule has 0 aliphatic carbocycles. The highest BCUT2D eigenvalue weighted by Gasteiger charge is 2.26. The van der Waals surface area contributed by atoms with Gasteiger partial charge in [0.25, 0.3) is 0 Å². The van der Waals surface area contributed by atoms with Gasteiger partial charge >= 0.3 is 0 Å². The van der Waals surface area contributed by atoms with Crippen LogP contribution in [-0.4, -0.2) is 38.3 Å². The van der Waals surface area contributed by atoms with Crippen LogP contribution in [0.15, 0.2) is 22.7 Å². The summed E-state index contributed by atoms with van der Waals surface area (Å²) in [6, 6.07) is 5.76. The Hall–Kier alpha value is -0.620. The Morgan fingerprint density at radius 1 is 1.26 bits per heavy atom. The third kappa shape index (κ3) is 5.10. The first-order valence-electron chi connectivity index (χ1n) is 6.02. The Kier molecular flexibility index (Phi) is 6.26. The van der Waals surface area contributed by atoms with Gasteiger partial charge in [-0.15, -0.1) is 0 Å². The fraction of sp³-hybridized carbons (Fsp3) is 0.571. The maximum Gasteiger partial charge on any atom is 0.159 e. The third-order valence-corrected chi connectivity index (χ3v) is 3.55. The van der Waals surface area contributed by atoms with Crippen molar-refractivity contribution in [3.8, 4) is 5.75 Å². The lowest BCUT2D eigenvalue weighted by Gasteiger charge is -2.27. The van der Waals surface area contributed by atoms with E-state index in [0.717, 1.165) is 15.8 Å². The van der Waals surface area contributed by atoms with E-state index >= 15 is 0 Å². The van der Waals surface area contributed by atoms with E-state index in [1.54, 1.807) is 28.3 Å². The van der Waals surface area contributed by atoms with Crippen LogP contribution in [0.1, 0.15) is 18.9 Å². The molecule has 0 aliphatic rings. The Balaban J connectivity index is 2.74. The van der Waals surface area contributed by atoms with Crippen molar-refractivity contribution in [2.45, 2.75) is 31.7 Å². The molecule has 1 unspecified atom stereocenters. The van der Waals surface area contributed by atoms with Gasteiger partial charge in [0.1, 0.15) is 5.75 Å². The molecule has 19 heavy (non-hydrogen) atoms. The molecule has 1 atom stereocenters. The van der Waals surface area contributed by atoms with Crippen molar-refractivity contribution in [1.29, 1.82) is 0 Å². The van der Waals surface area contributed by atoms with Crippen molar-refractivity contribution in [2.24, 2.45) is 0 Å². The molecule has 0 radical (unpaired) electrons. The van der Waals surface area contributed by atoms with Crippen LogP contribution in [0.25, 0.3) is 0 Å². The first kappa shape index (κ1) is 16.4. The predicted molar refractivity (Wildman–Crippen MR) is 77.4 cm³/mol. The molecule has 0 fully saturated rings. The molecular weight excluding hydrogens is 312 g/mol. The number of benzene rings is 1. The SMILES string of the molecule is COc1ccc(CC(C)(O)CC(OC)OC)cc1Br. The second kappa shape index (κ2) is 7.24. The van der Waals surface area contributed by atoms with E-state index in [4.69, 9.17) is 14.2 Å². The molecule has 0 saturated carbocycles. The maximum atomic E-state index is 10.4. The van der Waals surface area contributed by atoms with E-state index in [0.29, 0.717) is 12.8 Å². The van der Waals surface area contributed by atoms with Gasteiger partial charge in [0.05, 0.1) is 17.2 Å². The van der Waals surface area contributed by atoms with Crippen LogP contribution in [0.5, 0.6) is 5.75 Å². The van der Waals surface area contributed by atoms with Crippen LogP contribution in [0, 0.1) is 0 Å². The van der Waals surface area contributed by atoms with Gasteiger partial charge in [-0.3, -0.25) is 0 Å². The first-order valence-corrected chi connectivity index (χ1v) is 6.81. The van der Waals surface area contributed by atoms with Gasteiger partial charge in [-0.1, -0.05) is 6.07 Å². The molecule has 5 heteroatoms. The van der Waals surface area contributed by atoms with E-state index in [1.807, 2.05) is 18.2 Å². The average molecular weight is 333 g/mol. The van der Waals surface area contributed by atoms with Crippen LogP contribution in [0.3, 0.4) is 0 Å². The lowest BCUT2D eigenvalue weighted by atomic mass is 9.93. The topological polar surface area (TPSA) is 47.9 Å². The van der Waals surface area contributed by atoms with E-state index in [9.17, 15) is 5.11 Å². The number of hydrogen-bond donors (Lipinski definition) is 1. The van der Waals surface area contributed by atoms with Crippen molar-refractivity contribution >= 4 is 15.9 Å². The van der Waals surface area contributed by atoms with Crippen LogP contribution >= 0.6 is 15.9 Å². The zero-order valence-electron chi connectivity index (χ0n) is 11.8. The Bertz CT molecular complexity index is 402. The molecule has 1 N–H and O–H groups in total. The van der Waals surface area contributed by atoms with Crippen molar-refractivity contribution in [1.82, 2.24) is 0 Å². The summed E-state index contributed by atoms with van der Waals surface area (Å²) in [7, 11) is 4.75. The average Bonchev–Trinajstić information content (AvgIpc) is 2.35. The molecule has 4 nitrogen and oxygen atoms in total. The highest BCUT2D eigenvalue weighted by Crippen LogP contribution is 2.28. The van der Waals surface area contributed by atoms with Crippen LogP contribution < -0.4 is 4.74 Å². The number of aliphatic hydroxyl groups is 1. The lowest BCUT2D eigenvalue weighted by Crippen LogP contribution is -2.34. The molecule has 1 aromatic carbocycles. The van der Waals surface area contributed by atoms with Gasteiger partial charge < -0.3 is 19.3 Å². The minimum absolute atomic E-state index is 0.406. The van der Waals surface area contributed by atoms with Crippen LogP contribution in [0.2, 0.25) is 0 Å². The quantitative estimate of drug-likeness (QED) is 0.780. The largest absolute Gasteiger partial charge is 0.496 e. The molecule has 0 aliphatic heterocycles. The van der Waals surface area contributed by atoms with E-state index in [1.165, 1.54) is 0 Å². The summed E-state index contributed by atoms with van der Waals surface area (Å²) in [4.78, 5) is 0. The summed E-state index contributed by atoms with van der Waals surface area (Å²) in [6.07, 6.45) is 0.513. The van der Waals surface area contributed by atoms with E-state index in [2.05, 4.69) is 15.9 Å². The lowest BCUT2D eigenvalue weighted by molar-refractivity contribution is -0.139. The minimum atomic E-state index is -0.898. The molecule has 1 rings (SSSR count). The normalized spacial score (nSPS) is 14.5. The summed E-state index contributed by atoms with van der Waals surface area (Å²) in [5.41, 5.74) is 0.119. The molecule has 0 spiro atoms. The standard InChI is InChI=1S/C14H21BrO4/c1-14(16,9-13(18-3)19-4)8-10-5-6-12(17-2)11(15)7-10/h5-7,13,16H,8-9H2,1-4H3. The molecule has 1 aromatic rings. The Morgan fingerprint density at radius 3 is 2.37 bits per heavy atom. The summed E-state index contributed by atoms with van der Waals surface area (Å²) in [6.45, 7) is 1.77. The molecular formula is C14H21BrO4. The second-order valence-corrected chi connectivity index (χ2v) is 5.60. The smallest absolute Gasteiger partial charge is 0.159 e. The van der Waals surface area contributed by atoms with Crippen molar-refractivity contribution in [2.75, 3.05) is 21.3 Å². The van der Waals surface area contributed by atoms with Crippen molar-refractivity contribution in [3.63, 3.8) is 0 Å². The molecule has 0 amide bonds. The third-order valence-electron chi connectivity index (χ3n) is 2.93. The maximum absolute atomic E-state index is 10.4. The summed E-state index contributed by atoms with van der Waals surface area (Å²) >= 11 is 3.44. The number of halogens is 1. The zero-order chi connectivity index (χ0) is 14.5. The molecule has 108 valence electrons. The number of ether oxygens (including phenoxy) is 3. The summed E-state index contributed by atoms with van der Waals surface area (Å²) in [5, 5.41) is 10.4. The fourth-order valence-electron chi connectivity index (χ4n) is 1.95. The first-order chi connectivity index (χ1) is 8.91. The van der Waals surface area contributed by atoms with Gasteiger partial charge in [0.15, 0.2) is 6.29 Å². The van der Waals surface area contributed by atoms with Crippen molar-refractivity contribution < 1.29 is 19.3 Å². The predicted octanol–water partition coefficient (Wildman–Crippen LogP) is 2.76. The zero-order valence-corrected chi connectivity index (χ0v) is 13.4. The monoisotopic (exact) mass is 332 g/mol. The second-order valence-electron chi connectivity index (χ2n) is 4.75. The van der Waals surface area contributed by atoms with Gasteiger partial charge in [-0.25, -0.2) is 0 Å². The number of methoxy groups -OCH3 is 3. The van der Waals surface area contributed by atoms with Crippen molar-refractivity contribution in [3.05, 3.63) is 28.2 Å². The summed E-state index contributed by atoms with van der Waals surface area (Å²) in [5.74, 6) is 0.773. The van der Waals surface area contributed by atoms with Crippen LogP contribution in [-0.2, 0) is 15.9 Å². The summed E-state index contributed by atoms with van der Waals surface area (Å²) < 4.78 is 16.3. The van der Waals surface area contributed by atoms with Gasteiger partial charge in [-0.05, 0) is 40.5 Å². The molecule has 0 saturated heterocycles. The Morgan fingerprint density at radius 2 is 1.89 bits per heavy atom. The van der Waals surface area contributed by atoms with E-state index in [-0.39, 0.29) is 0 Å². The highest BCUT2D eigenvalue weighted by atomic mass is 79.9. The molecule has 0 heterocycles. The minimum Gasteiger partial charge on any atom is -0.496 e. The number of rotatable bonds is 7. The van der Waals surface area contributed by atoms with Gasteiger partial charge in [0, 0.05) is 27.1 Å². The van der Waals surface area contributed by atoms with Gasteiger partial charge in [0.2, 0.25) is 0 Å². The van der Waals surface area contributed by atoms with Gasteiger partial charge in [-0.2, -0.15) is 0 Å². The van der Waals surface area contributed by atoms with Crippen LogP contribution in [0.4, 0.5) is 0 Å².